The van der Waals surface area contributed by atoms with Crippen LogP contribution in [-0.4, -0.2) is 9.38 Å². The minimum atomic E-state index is 0.507. The first kappa shape index (κ1) is 9.36. The van der Waals surface area contributed by atoms with Crippen molar-refractivity contribution >= 4 is 21.4 Å². The van der Waals surface area contributed by atoms with E-state index in [1.165, 1.54) is 18.7 Å². The summed E-state index contributed by atoms with van der Waals surface area (Å²) in [5.41, 5.74) is 7.84. The molecule has 1 aliphatic rings. The molecule has 15 heavy (non-hydrogen) atoms. The second-order valence-corrected chi connectivity index (χ2v) is 4.91. The zero-order chi connectivity index (χ0) is 10.4. The van der Waals surface area contributed by atoms with Crippen molar-refractivity contribution in [2.75, 3.05) is 0 Å². The third-order valence-corrected chi connectivity index (χ3v) is 3.34. The smallest absolute Gasteiger partial charge is 0.116 e. The van der Waals surface area contributed by atoms with Gasteiger partial charge in [-0.2, -0.15) is 0 Å². The molecule has 0 amide bonds. The van der Waals surface area contributed by atoms with Crippen LogP contribution in [0.4, 0.5) is 0 Å². The molecule has 0 spiro atoms. The first-order valence-electron chi connectivity index (χ1n) is 5.16. The zero-order valence-electron chi connectivity index (χ0n) is 8.28. The highest BCUT2D eigenvalue weighted by Gasteiger charge is 2.28. The van der Waals surface area contributed by atoms with Crippen LogP contribution in [0.2, 0.25) is 0 Å². The van der Waals surface area contributed by atoms with Crippen molar-refractivity contribution in [3.05, 3.63) is 34.3 Å². The minimum absolute atomic E-state index is 0.507. The monoisotopic (exact) mass is 265 g/mol. The maximum atomic E-state index is 5.71. The van der Waals surface area contributed by atoms with Crippen molar-refractivity contribution in [2.24, 2.45) is 5.73 Å². The second-order valence-electron chi connectivity index (χ2n) is 4.00. The Labute approximate surface area is 96.4 Å². The fourth-order valence-electron chi connectivity index (χ4n) is 1.93. The molecule has 0 aromatic carbocycles. The highest BCUT2D eigenvalue weighted by atomic mass is 79.9. The molecule has 0 bridgehead atoms. The molecule has 1 aliphatic carbocycles. The Balaban J connectivity index is 2.28. The fraction of sp³-hybridized carbons (Fsp3) is 0.364. The number of hydrogen-bond acceptors (Lipinski definition) is 2. The summed E-state index contributed by atoms with van der Waals surface area (Å²) in [5, 5.41) is 0. The zero-order valence-corrected chi connectivity index (χ0v) is 9.87. The van der Waals surface area contributed by atoms with Crippen LogP contribution in [0.15, 0.2) is 22.8 Å². The van der Waals surface area contributed by atoms with Gasteiger partial charge in [-0.3, -0.25) is 0 Å². The highest BCUT2D eigenvalue weighted by molar-refractivity contribution is 9.10. The predicted molar refractivity (Wildman–Crippen MR) is 62.8 cm³/mol. The topological polar surface area (TPSA) is 43.3 Å². The van der Waals surface area contributed by atoms with Gasteiger partial charge in [-0.05, 0) is 25.0 Å². The largest absolute Gasteiger partial charge is 0.325 e. The van der Waals surface area contributed by atoms with Gasteiger partial charge >= 0.3 is 0 Å². The summed E-state index contributed by atoms with van der Waals surface area (Å²) >= 11 is 3.48. The molecule has 4 heteroatoms. The molecule has 2 aromatic rings. The number of imidazole rings is 1. The van der Waals surface area contributed by atoms with Crippen LogP contribution in [-0.2, 0) is 6.54 Å². The van der Waals surface area contributed by atoms with Crippen LogP contribution >= 0.6 is 15.9 Å². The highest BCUT2D eigenvalue weighted by Crippen LogP contribution is 2.40. The van der Waals surface area contributed by atoms with Gasteiger partial charge in [0.25, 0.3) is 0 Å². The lowest BCUT2D eigenvalue weighted by atomic mass is 10.3. The summed E-state index contributed by atoms with van der Waals surface area (Å²) in [6.45, 7) is 0.507. The number of fused-ring (bicyclic) bond motifs is 1. The molecule has 1 saturated carbocycles. The summed E-state index contributed by atoms with van der Waals surface area (Å²) in [4.78, 5) is 4.63. The number of pyridine rings is 1. The Bertz CT molecular complexity index is 514. The molecule has 1 fully saturated rings. The maximum absolute atomic E-state index is 5.71. The summed E-state index contributed by atoms with van der Waals surface area (Å²) in [5.74, 6) is 1.83. The third kappa shape index (κ3) is 1.48. The lowest BCUT2D eigenvalue weighted by Gasteiger charge is -1.99. The van der Waals surface area contributed by atoms with Crippen molar-refractivity contribution in [1.29, 1.82) is 0 Å². The van der Waals surface area contributed by atoms with Crippen LogP contribution in [0.5, 0.6) is 0 Å². The summed E-state index contributed by atoms with van der Waals surface area (Å²) in [7, 11) is 0. The number of nitrogens with zero attached hydrogens (tertiary/aromatic N) is 2. The van der Waals surface area contributed by atoms with Crippen molar-refractivity contribution in [3.63, 3.8) is 0 Å². The molecule has 3 nitrogen and oxygen atoms in total. The van der Waals surface area contributed by atoms with Gasteiger partial charge in [0.05, 0.1) is 11.2 Å². The quantitative estimate of drug-likeness (QED) is 0.907. The molecular weight excluding hydrogens is 254 g/mol. The van der Waals surface area contributed by atoms with Crippen molar-refractivity contribution in [1.82, 2.24) is 9.38 Å². The normalized spacial score (nSPS) is 16.1. The lowest BCUT2D eigenvalue weighted by molar-refractivity contribution is 0.903. The van der Waals surface area contributed by atoms with E-state index in [4.69, 9.17) is 5.73 Å². The van der Waals surface area contributed by atoms with E-state index in [1.54, 1.807) is 0 Å². The van der Waals surface area contributed by atoms with Gasteiger partial charge < -0.3 is 10.1 Å². The van der Waals surface area contributed by atoms with Gasteiger partial charge in [-0.25, -0.2) is 4.98 Å². The first-order chi connectivity index (χ1) is 7.29. The third-order valence-electron chi connectivity index (χ3n) is 2.84. The van der Waals surface area contributed by atoms with Crippen LogP contribution in [0.3, 0.4) is 0 Å². The number of rotatable bonds is 2. The second kappa shape index (κ2) is 3.32. The van der Waals surface area contributed by atoms with Gasteiger partial charge in [-0.15, -0.1) is 0 Å². The number of nitrogens with two attached hydrogens (primary N) is 1. The molecule has 2 aromatic heterocycles. The molecule has 0 unspecified atom stereocenters. The Morgan fingerprint density at radius 2 is 2.33 bits per heavy atom. The van der Waals surface area contributed by atoms with E-state index in [0.29, 0.717) is 12.5 Å². The maximum Gasteiger partial charge on any atom is 0.116 e. The van der Waals surface area contributed by atoms with E-state index in [0.717, 1.165) is 15.7 Å². The Morgan fingerprint density at radius 3 is 3.00 bits per heavy atom. The Kier molecular flexibility index (Phi) is 2.07. The van der Waals surface area contributed by atoms with Gasteiger partial charge in [0.15, 0.2) is 0 Å². The van der Waals surface area contributed by atoms with E-state index in [2.05, 4.69) is 37.6 Å². The van der Waals surface area contributed by atoms with Gasteiger partial charge in [0.1, 0.15) is 5.82 Å². The SMILES string of the molecule is NCc1nc(C2CC2)n2ccc(Br)cc12. The minimum Gasteiger partial charge on any atom is -0.325 e. The Hall–Kier alpha value is -0.870. The van der Waals surface area contributed by atoms with E-state index in [1.807, 2.05) is 6.07 Å². The number of aromatic nitrogens is 2. The molecule has 0 atom stereocenters. The standard InChI is InChI=1S/C11H12BrN3/c12-8-3-4-15-10(5-8)9(6-13)14-11(15)7-1-2-7/h3-5,7H,1-2,6,13H2. The molecule has 0 saturated heterocycles. The van der Waals surface area contributed by atoms with Crippen molar-refractivity contribution in [2.45, 2.75) is 25.3 Å². The van der Waals surface area contributed by atoms with Crippen LogP contribution in [0.25, 0.3) is 5.52 Å². The van der Waals surface area contributed by atoms with E-state index >= 15 is 0 Å². The van der Waals surface area contributed by atoms with Crippen LogP contribution in [0.1, 0.15) is 30.3 Å². The molecule has 78 valence electrons. The molecule has 3 rings (SSSR count). The molecule has 0 radical (unpaired) electrons. The summed E-state index contributed by atoms with van der Waals surface area (Å²) < 4.78 is 3.25. The molecular formula is C11H12BrN3. The summed E-state index contributed by atoms with van der Waals surface area (Å²) in [6, 6.07) is 4.13. The Morgan fingerprint density at radius 1 is 1.53 bits per heavy atom. The molecule has 2 heterocycles. The summed E-state index contributed by atoms with van der Waals surface area (Å²) in [6.07, 6.45) is 4.59. The lowest BCUT2D eigenvalue weighted by Crippen LogP contribution is -1.97. The average Bonchev–Trinajstić information content (AvgIpc) is 3.01. The number of hydrogen-bond donors (Lipinski definition) is 1. The van der Waals surface area contributed by atoms with Crippen LogP contribution < -0.4 is 5.73 Å². The van der Waals surface area contributed by atoms with Crippen molar-refractivity contribution in [3.8, 4) is 0 Å². The van der Waals surface area contributed by atoms with E-state index in [-0.39, 0.29) is 0 Å². The number of halogens is 1. The van der Waals surface area contributed by atoms with Crippen LogP contribution in [0, 0.1) is 0 Å². The van der Waals surface area contributed by atoms with E-state index < -0.39 is 0 Å². The average molecular weight is 266 g/mol. The van der Waals surface area contributed by atoms with Gasteiger partial charge in [-0.1, -0.05) is 15.9 Å². The van der Waals surface area contributed by atoms with E-state index in [9.17, 15) is 0 Å². The predicted octanol–water partition coefficient (Wildman–Crippen LogP) is 2.43. The first-order valence-corrected chi connectivity index (χ1v) is 5.95. The van der Waals surface area contributed by atoms with Crippen molar-refractivity contribution < 1.29 is 0 Å². The molecule has 2 N–H and O–H groups in total. The van der Waals surface area contributed by atoms with Gasteiger partial charge in [0.2, 0.25) is 0 Å². The molecule has 0 aliphatic heterocycles. The van der Waals surface area contributed by atoms with Gasteiger partial charge in [0, 0.05) is 23.1 Å². The fourth-order valence-corrected chi connectivity index (χ4v) is 2.26.